The van der Waals surface area contributed by atoms with Crippen molar-refractivity contribution in [3.63, 3.8) is 0 Å². The SMILES string of the molecule is NCCCC[C@H](OP(=O)(O)C(Cc1ccccc1)OC(=O)c1ccccc1)C(=O)N1CCC[C@H]1C(=O)O. The van der Waals surface area contributed by atoms with E-state index in [4.69, 9.17) is 15.0 Å². The predicted molar refractivity (Wildman–Crippen MR) is 136 cm³/mol. The van der Waals surface area contributed by atoms with Crippen LogP contribution in [-0.2, 0) is 29.8 Å². The minimum atomic E-state index is -4.75. The molecule has 0 radical (unpaired) electrons. The van der Waals surface area contributed by atoms with E-state index in [1.807, 2.05) is 0 Å². The van der Waals surface area contributed by atoms with Gasteiger partial charge in [0.1, 0.15) is 12.1 Å². The van der Waals surface area contributed by atoms with Gasteiger partial charge in [-0.05, 0) is 56.3 Å². The summed E-state index contributed by atoms with van der Waals surface area (Å²) in [4.78, 5) is 50.0. The van der Waals surface area contributed by atoms with Crippen molar-refractivity contribution in [1.82, 2.24) is 4.90 Å². The fraction of sp³-hybridized carbons (Fsp3) is 0.423. The van der Waals surface area contributed by atoms with Gasteiger partial charge in [0.2, 0.25) is 5.85 Å². The molecular formula is C26H33N2O8P. The van der Waals surface area contributed by atoms with Gasteiger partial charge in [-0.15, -0.1) is 0 Å². The minimum Gasteiger partial charge on any atom is -0.480 e. The largest absolute Gasteiger partial charge is 0.480 e. The summed E-state index contributed by atoms with van der Waals surface area (Å²) in [7, 11) is -4.75. The number of nitrogens with zero attached hydrogens (tertiary/aromatic N) is 1. The molecule has 2 unspecified atom stereocenters. The minimum absolute atomic E-state index is 0.0636. The third-order valence-corrected chi connectivity index (χ3v) is 7.74. The molecule has 2 aromatic rings. The topological polar surface area (TPSA) is 156 Å². The summed E-state index contributed by atoms with van der Waals surface area (Å²) < 4.78 is 24.7. The number of aliphatic carboxylic acids is 1. The van der Waals surface area contributed by atoms with E-state index in [1.54, 1.807) is 48.5 Å². The van der Waals surface area contributed by atoms with Crippen LogP contribution in [0.1, 0.15) is 48.0 Å². The van der Waals surface area contributed by atoms with Gasteiger partial charge in [0.05, 0.1) is 5.56 Å². The molecule has 4 N–H and O–H groups in total. The van der Waals surface area contributed by atoms with Crippen LogP contribution in [0.5, 0.6) is 0 Å². The van der Waals surface area contributed by atoms with Crippen molar-refractivity contribution in [2.45, 2.75) is 56.5 Å². The summed E-state index contributed by atoms with van der Waals surface area (Å²) in [5.41, 5.74) is 6.39. The first kappa shape index (κ1) is 28.5. The molecule has 4 atom stereocenters. The number of nitrogens with two attached hydrogens (primary N) is 1. The van der Waals surface area contributed by atoms with E-state index in [-0.39, 0.29) is 24.9 Å². The molecule has 0 saturated carbocycles. The van der Waals surface area contributed by atoms with Gasteiger partial charge in [0.25, 0.3) is 5.91 Å². The molecular weight excluding hydrogens is 499 g/mol. The number of benzene rings is 2. The number of unbranched alkanes of at least 4 members (excludes halogenated alkanes) is 1. The maximum Gasteiger partial charge on any atom is 0.369 e. The van der Waals surface area contributed by atoms with Crippen LogP contribution in [-0.4, -0.2) is 63.8 Å². The van der Waals surface area contributed by atoms with Gasteiger partial charge in [-0.25, -0.2) is 9.59 Å². The third-order valence-electron chi connectivity index (χ3n) is 6.16. The molecule has 1 aliphatic rings. The Bertz CT molecular complexity index is 1100. The Balaban J connectivity index is 1.86. The van der Waals surface area contributed by atoms with Crippen molar-refractivity contribution in [2.24, 2.45) is 5.73 Å². The van der Waals surface area contributed by atoms with E-state index >= 15 is 0 Å². The zero-order valence-corrected chi connectivity index (χ0v) is 21.4. The Hall–Kier alpha value is -3.04. The summed E-state index contributed by atoms with van der Waals surface area (Å²) in [5.74, 6) is -4.22. The monoisotopic (exact) mass is 532 g/mol. The lowest BCUT2D eigenvalue weighted by molar-refractivity contribution is -0.151. The summed E-state index contributed by atoms with van der Waals surface area (Å²) in [6.07, 6.45) is 0.301. The zero-order valence-electron chi connectivity index (χ0n) is 20.5. The predicted octanol–water partition coefficient (Wildman–Crippen LogP) is 3.19. The van der Waals surface area contributed by atoms with E-state index in [0.29, 0.717) is 37.8 Å². The molecule has 1 saturated heterocycles. The van der Waals surface area contributed by atoms with Gasteiger partial charge in [0.15, 0.2) is 0 Å². The van der Waals surface area contributed by atoms with Crippen molar-refractivity contribution in [3.05, 3.63) is 71.8 Å². The molecule has 1 fully saturated rings. The number of hydrogen-bond donors (Lipinski definition) is 3. The maximum absolute atomic E-state index is 13.6. The van der Waals surface area contributed by atoms with Crippen LogP contribution in [0.25, 0.3) is 0 Å². The number of carboxylic acid groups (broad SMARTS) is 1. The second-order valence-electron chi connectivity index (χ2n) is 8.89. The second kappa shape index (κ2) is 13.5. The highest BCUT2D eigenvalue weighted by atomic mass is 31.2. The molecule has 37 heavy (non-hydrogen) atoms. The number of carbonyl (C=O) groups is 3. The first-order chi connectivity index (χ1) is 17.7. The standard InChI is InChI=1S/C26H33N2O8P/c27-16-8-7-15-22(24(29)28-17-9-14-21(28)25(30)31)36-37(33,34)23(18-19-10-3-1-4-11-19)35-26(32)20-12-5-2-6-13-20/h1-6,10-13,21-23H,7-9,14-18,27H2,(H,30,31)(H,33,34)/t21-,22-,23?/m0/s1. The first-order valence-electron chi connectivity index (χ1n) is 12.3. The van der Waals surface area contributed by atoms with Gasteiger partial charge in [-0.2, -0.15) is 0 Å². The lowest BCUT2D eigenvalue weighted by Crippen LogP contribution is -2.46. The van der Waals surface area contributed by atoms with E-state index in [1.165, 1.54) is 17.0 Å². The van der Waals surface area contributed by atoms with Crippen LogP contribution in [0.4, 0.5) is 0 Å². The van der Waals surface area contributed by atoms with Gasteiger partial charge >= 0.3 is 19.5 Å². The third kappa shape index (κ3) is 7.97. The fourth-order valence-corrected chi connectivity index (χ4v) is 5.59. The van der Waals surface area contributed by atoms with Crippen LogP contribution < -0.4 is 5.73 Å². The van der Waals surface area contributed by atoms with Crippen molar-refractivity contribution in [2.75, 3.05) is 13.1 Å². The molecule has 0 bridgehead atoms. The van der Waals surface area contributed by atoms with E-state index in [9.17, 15) is 28.9 Å². The molecule has 10 nitrogen and oxygen atoms in total. The Morgan fingerprint density at radius 2 is 1.70 bits per heavy atom. The summed E-state index contributed by atoms with van der Waals surface area (Å²) in [6, 6.07) is 15.7. The average molecular weight is 533 g/mol. The number of likely N-dealkylation sites (tertiary alicyclic amines) is 1. The van der Waals surface area contributed by atoms with Crippen LogP contribution in [0.15, 0.2) is 60.7 Å². The summed E-state index contributed by atoms with van der Waals surface area (Å²) in [6.45, 7) is 0.559. The van der Waals surface area contributed by atoms with Crippen LogP contribution in [0.3, 0.4) is 0 Å². The van der Waals surface area contributed by atoms with Crippen LogP contribution in [0.2, 0.25) is 0 Å². The van der Waals surface area contributed by atoms with E-state index in [2.05, 4.69) is 0 Å². The first-order valence-corrected chi connectivity index (χ1v) is 13.9. The normalized spacial score (nSPS) is 18.5. The summed E-state index contributed by atoms with van der Waals surface area (Å²) in [5, 5.41) is 9.51. The molecule has 0 aliphatic carbocycles. The highest BCUT2D eigenvalue weighted by Gasteiger charge is 2.43. The number of rotatable bonds is 13. The van der Waals surface area contributed by atoms with Crippen molar-refractivity contribution < 1.29 is 38.2 Å². The second-order valence-corrected chi connectivity index (χ2v) is 10.8. The number of ether oxygens (including phenoxy) is 1. The van der Waals surface area contributed by atoms with Crippen LogP contribution >= 0.6 is 7.60 Å². The van der Waals surface area contributed by atoms with Gasteiger partial charge in [-0.3, -0.25) is 13.9 Å². The van der Waals surface area contributed by atoms with Crippen molar-refractivity contribution >= 4 is 25.4 Å². The molecule has 2 aromatic carbocycles. The lowest BCUT2D eigenvalue weighted by atomic mass is 10.1. The maximum atomic E-state index is 13.6. The molecule has 200 valence electrons. The number of amides is 1. The quantitative estimate of drug-likeness (QED) is 0.200. The van der Waals surface area contributed by atoms with Gasteiger partial charge < -0.3 is 25.4 Å². The van der Waals surface area contributed by atoms with Crippen molar-refractivity contribution in [3.8, 4) is 0 Å². The van der Waals surface area contributed by atoms with Crippen molar-refractivity contribution in [1.29, 1.82) is 0 Å². The van der Waals surface area contributed by atoms with Crippen LogP contribution in [0, 0.1) is 0 Å². The molecule has 1 aliphatic heterocycles. The number of hydrogen-bond acceptors (Lipinski definition) is 7. The Morgan fingerprint density at radius 3 is 2.32 bits per heavy atom. The highest BCUT2D eigenvalue weighted by Crippen LogP contribution is 2.51. The number of carboxylic acids is 1. The Labute approximate surface area is 215 Å². The van der Waals surface area contributed by atoms with Gasteiger partial charge in [0, 0.05) is 13.0 Å². The van der Waals surface area contributed by atoms with E-state index < -0.39 is 43.4 Å². The zero-order chi connectivity index (χ0) is 26.8. The fourth-order valence-electron chi connectivity index (χ4n) is 4.22. The molecule has 1 heterocycles. The van der Waals surface area contributed by atoms with E-state index in [0.717, 1.165) is 0 Å². The average Bonchev–Trinajstić information content (AvgIpc) is 3.39. The number of carbonyl (C=O) groups excluding carboxylic acids is 2. The summed E-state index contributed by atoms with van der Waals surface area (Å²) >= 11 is 0. The Morgan fingerprint density at radius 1 is 1.05 bits per heavy atom. The van der Waals surface area contributed by atoms with Gasteiger partial charge in [-0.1, -0.05) is 48.5 Å². The number of esters is 1. The molecule has 0 spiro atoms. The molecule has 0 aromatic heterocycles. The lowest BCUT2D eigenvalue weighted by Gasteiger charge is -2.30. The molecule has 11 heteroatoms. The highest BCUT2D eigenvalue weighted by molar-refractivity contribution is 7.53. The molecule has 1 amide bonds. The Kier molecular flexibility index (Phi) is 10.4. The molecule has 3 rings (SSSR count). The smallest absolute Gasteiger partial charge is 0.369 e.